The van der Waals surface area contributed by atoms with Crippen molar-refractivity contribution in [3.8, 4) is 5.75 Å². The summed E-state index contributed by atoms with van der Waals surface area (Å²) in [5.41, 5.74) is 5.40. The molecule has 1 amide bonds. The van der Waals surface area contributed by atoms with E-state index in [9.17, 15) is 4.79 Å². The second-order valence-electron chi connectivity index (χ2n) is 7.07. The normalized spacial score (nSPS) is 10.5. The maximum absolute atomic E-state index is 12.6. The Balaban J connectivity index is 1.64. The minimum absolute atomic E-state index is 0.215. The highest BCUT2D eigenvalue weighted by molar-refractivity contribution is 5.92. The Kier molecular flexibility index (Phi) is 6.44. The van der Waals surface area contributed by atoms with Gasteiger partial charge >= 0.3 is 0 Å². The summed E-state index contributed by atoms with van der Waals surface area (Å²) in [4.78, 5) is 21.3. The molecule has 6 nitrogen and oxygen atoms in total. The van der Waals surface area contributed by atoms with Gasteiger partial charge in [-0.05, 0) is 74.2 Å². The van der Waals surface area contributed by atoms with Crippen LogP contribution in [0.1, 0.15) is 32.9 Å². The number of hydrogen-bond donors (Lipinski definition) is 2. The van der Waals surface area contributed by atoms with E-state index in [1.807, 2.05) is 57.2 Å². The maximum Gasteiger partial charge on any atom is 0.270 e. The smallest absolute Gasteiger partial charge is 0.270 e. The van der Waals surface area contributed by atoms with Crippen molar-refractivity contribution in [3.63, 3.8) is 0 Å². The predicted molar refractivity (Wildman–Crippen MR) is 115 cm³/mol. The molecular formula is C23H26N4O2. The number of benzene rings is 2. The highest BCUT2D eigenvalue weighted by Crippen LogP contribution is 2.18. The van der Waals surface area contributed by atoms with Gasteiger partial charge in [0.1, 0.15) is 11.4 Å². The van der Waals surface area contributed by atoms with Crippen LogP contribution in [-0.4, -0.2) is 29.5 Å². The molecule has 1 heterocycles. The van der Waals surface area contributed by atoms with Crippen molar-refractivity contribution in [2.75, 3.05) is 19.0 Å². The zero-order chi connectivity index (χ0) is 20.8. The van der Waals surface area contributed by atoms with Crippen molar-refractivity contribution < 1.29 is 9.53 Å². The first-order valence-electron chi connectivity index (χ1n) is 9.55. The number of methoxy groups -OCH3 is 1. The van der Waals surface area contributed by atoms with E-state index in [2.05, 4.69) is 26.7 Å². The van der Waals surface area contributed by atoms with Gasteiger partial charge in [0.15, 0.2) is 0 Å². The SMILES string of the molecule is COc1ccc(CCNC(=O)c2cc(C)nc(Nc3cc(C)cc(C)c3)n2)cc1. The number of rotatable bonds is 7. The molecule has 3 rings (SSSR count). The highest BCUT2D eigenvalue weighted by Gasteiger charge is 2.11. The van der Waals surface area contributed by atoms with Crippen molar-refractivity contribution in [2.24, 2.45) is 0 Å². The van der Waals surface area contributed by atoms with E-state index in [0.717, 1.165) is 40.2 Å². The van der Waals surface area contributed by atoms with E-state index in [0.29, 0.717) is 18.2 Å². The van der Waals surface area contributed by atoms with Gasteiger partial charge in [0.05, 0.1) is 7.11 Å². The quantitative estimate of drug-likeness (QED) is 0.634. The molecule has 0 bridgehead atoms. The van der Waals surface area contributed by atoms with Crippen LogP contribution in [-0.2, 0) is 6.42 Å². The van der Waals surface area contributed by atoms with Crippen LogP contribution in [0.3, 0.4) is 0 Å². The van der Waals surface area contributed by atoms with E-state index in [4.69, 9.17) is 4.74 Å². The van der Waals surface area contributed by atoms with Gasteiger partial charge in [-0.2, -0.15) is 0 Å². The fourth-order valence-corrected chi connectivity index (χ4v) is 3.12. The van der Waals surface area contributed by atoms with E-state index >= 15 is 0 Å². The molecule has 29 heavy (non-hydrogen) atoms. The summed E-state index contributed by atoms with van der Waals surface area (Å²) in [6.07, 6.45) is 0.730. The van der Waals surface area contributed by atoms with Gasteiger partial charge in [-0.25, -0.2) is 9.97 Å². The molecule has 0 saturated carbocycles. The van der Waals surface area contributed by atoms with Gasteiger partial charge in [0, 0.05) is 17.9 Å². The number of amides is 1. The molecule has 150 valence electrons. The molecule has 0 spiro atoms. The third-order valence-electron chi connectivity index (χ3n) is 4.42. The molecule has 0 aliphatic heterocycles. The lowest BCUT2D eigenvalue weighted by atomic mass is 10.1. The molecule has 1 aromatic heterocycles. The summed E-state index contributed by atoms with van der Waals surface area (Å²) in [5, 5.41) is 6.12. The molecule has 0 unspecified atom stereocenters. The summed E-state index contributed by atoms with van der Waals surface area (Å²) in [6, 6.07) is 15.6. The van der Waals surface area contributed by atoms with Crippen LogP contribution in [0.25, 0.3) is 0 Å². The molecule has 3 aromatic rings. The Hall–Kier alpha value is -3.41. The topological polar surface area (TPSA) is 76.1 Å². The van der Waals surface area contributed by atoms with Gasteiger partial charge in [-0.1, -0.05) is 18.2 Å². The molecule has 0 fully saturated rings. The number of aryl methyl sites for hydroxylation is 3. The summed E-state index contributed by atoms with van der Waals surface area (Å²) < 4.78 is 5.16. The molecule has 0 atom stereocenters. The molecule has 0 aliphatic rings. The lowest BCUT2D eigenvalue weighted by Crippen LogP contribution is -2.27. The lowest BCUT2D eigenvalue weighted by Gasteiger charge is -2.10. The van der Waals surface area contributed by atoms with Crippen LogP contribution in [0, 0.1) is 20.8 Å². The Labute approximate surface area is 171 Å². The maximum atomic E-state index is 12.6. The monoisotopic (exact) mass is 390 g/mol. The van der Waals surface area contributed by atoms with E-state index in [-0.39, 0.29) is 5.91 Å². The Morgan fingerprint density at radius 1 is 0.966 bits per heavy atom. The van der Waals surface area contributed by atoms with Gasteiger partial charge in [0.2, 0.25) is 5.95 Å². The summed E-state index contributed by atoms with van der Waals surface area (Å²) in [6.45, 7) is 6.45. The Bertz CT molecular complexity index is 980. The third-order valence-corrected chi connectivity index (χ3v) is 4.42. The van der Waals surface area contributed by atoms with Crippen molar-refractivity contribution in [1.29, 1.82) is 0 Å². The van der Waals surface area contributed by atoms with E-state index in [1.54, 1.807) is 13.2 Å². The first-order chi connectivity index (χ1) is 13.9. The second-order valence-corrected chi connectivity index (χ2v) is 7.07. The van der Waals surface area contributed by atoms with E-state index in [1.165, 1.54) is 0 Å². The fraction of sp³-hybridized carbons (Fsp3) is 0.261. The lowest BCUT2D eigenvalue weighted by molar-refractivity contribution is 0.0949. The number of ether oxygens (including phenoxy) is 1. The summed E-state index contributed by atoms with van der Waals surface area (Å²) in [5.74, 6) is 1.01. The summed E-state index contributed by atoms with van der Waals surface area (Å²) >= 11 is 0. The minimum atomic E-state index is -0.215. The van der Waals surface area contributed by atoms with Gasteiger partial charge in [-0.3, -0.25) is 4.79 Å². The fourth-order valence-electron chi connectivity index (χ4n) is 3.12. The number of carbonyl (C=O) groups excluding carboxylic acids is 1. The van der Waals surface area contributed by atoms with Crippen molar-refractivity contribution in [2.45, 2.75) is 27.2 Å². The number of anilines is 2. The minimum Gasteiger partial charge on any atom is -0.497 e. The van der Waals surface area contributed by atoms with Crippen LogP contribution in [0.2, 0.25) is 0 Å². The van der Waals surface area contributed by atoms with Crippen LogP contribution in [0.4, 0.5) is 11.6 Å². The van der Waals surface area contributed by atoms with Crippen LogP contribution in [0.15, 0.2) is 48.5 Å². The van der Waals surface area contributed by atoms with Crippen molar-refractivity contribution in [3.05, 3.63) is 76.6 Å². The standard InChI is InChI=1S/C23H26N4O2/c1-15-11-16(2)13-19(12-15)26-23-25-17(3)14-21(27-23)22(28)24-10-9-18-5-7-20(29-4)8-6-18/h5-8,11-14H,9-10H2,1-4H3,(H,24,28)(H,25,26,27). The van der Waals surface area contributed by atoms with Crippen LogP contribution >= 0.6 is 0 Å². The molecular weight excluding hydrogens is 364 g/mol. The number of carbonyl (C=O) groups is 1. The van der Waals surface area contributed by atoms with Gasteiger partial charge in [-0.15, -0.1) is 0 Å². The molecule has 2 N–H and O–H groups in total. The molecule has 0 saturated heterocycles. The zero-order valence-electron chi connectivity index (χ0n) is 17.2. The highest BCUT2D eigenvalue weighted by atomic mass is 16.5. The Morgan fingerprint density at radius 3 is 2.31 bits per heavy atom. The van der Waals surface area contributed by atoms with E-state index < -0.39 is 0 Å². The molecule has 0 radical (unpaired) electrons. The van der Waals surface area contributed by atoms with Crippen molar-refractivity contribution in [1.82, 2.24) is 15.3 Å². The first-order valence-corrected chi connectivity index (χ1v) is 9.55. The van der Waals surface area contributed by atoms with Crippen molar-refractivity contribution >= 4 is 17.5 Å². The Morgan fingerprint density at radius 2 is 1.66 bits per heavy atom. The largest absolute Gasteiger partial charge is 0.497 e. The number of nitrogens with one attached hydrogen (secondary N) is 2. The average Bonchev–Trinajstić information content (AvgIpc) is 2.67. The summed E-state index contributed by atoms with van der Waals surface area (Å²) in [7, 11) is 1.64. The molecule has 6 heteroatoms. The number of nitrogens with zero attached hydrogens (tertiary/aromatic N) is 2. The number of aromatic nitrogens is 2. The average molecular weight is 390 g/mol. The molecule has 0 aliphatic carbocycles. The van der Waals surface area contributed by atoms with Gasteiger partial charge in [0.25, 0.3) is 5.91 Å². The predicted octanol–water partition coefficient (Wildman–Crippen LogP) is 4.13. The van der Waals surface area contributed by atoms with Crippen LogP contribution < -0.4 is 15.4 Å². The second kappa shape index (κ2) is 9.19. The zero-order valence-corrected chi connectivity index (χ0v) is 17.2. The third kappa shape index (κ3) is 5.78. The van der Waals surface area contributed by atoms with Crippen LogP contribution in [0.5, 0.6) is 5.75 Å². The first kappa shape index (κ1) is 20.3. The van der Waals surface area contributed by atoms with Gasteiger partial charge < -0.3 is 15.4 Å². The number of hydrogen-bond acceptors (Lipinski definition) is 5. The molecule has 2 aromatic carbocycles.